The smallest absolute Gasteiger partial charge is 0.267 e. The number of benzene rings is 2. The van der Waals surface area contributed by atoms with E-state index in [0.29, 0.717) is 0 Å². The predicted molar refractivity (Wildman–Crippen MR) is 84.5 cm³/mol. The van der Waals surface area contributed by atoms with Gasteiger partial charge in [-0.2, -0.15) is 0 Å². The van der Waals surface area contributed by atoms with Crippen LogP contribution >= 0.6 is 0 Å². The van der Waals surface area contributed by atoms with Gasteiger partial charge in [0.05, 0.1) is 5.56 Å². The molecule has 3 rings (SSSR count). The van der Waals surface area contributed by atoms with Crippen LogP contribution in [0.4, 0.5) is 10.1 Å². The zero-order valence-corrected chi connectivity index (χ0v) is 12.8. The van der Waals surface area contributed by atoms with Crippen molar-refractivity contribution >= 4 is 11.6 Å². The summed E-state index contributed by atoms with van der Waals surface area (Å²) in [5.74, 6) is -0.690. The molecule has 122 valence electrons. The Labute approximate surface area is 137 Å². The van der Waals surface area contributed by atoms with E-state index in [1.807, 2.05) is 18.2 Å². The molecule has 7 nitrogen and oxygen atoms in total. The number of hydrogen-bond donors (Lipinski definition) is 0. The van der Waals surface area contributed by atoms with E-state index in [2.05, 4.69) is 15.5 Å². The first kappa shape index (κ1) is 15.6. The first-order valence-corrected chi connectivity index (χ1v) is 7.15. The molecule has 8 heteroatoms. The van der Waals surface area contributed by atoms with Gasteiger partial charge in [-0.1, -0.05) is 35.2 Å². The highest BCUT2D eigenvalue weighted by Gasteiger charge is 2.17. The van der Waals surface area contributed by atoms with Crippen LogP contribution in [0.25, 0.3) is 11.4 Å². The van der Waals surface area contributed by atoms with Gasteiger partial charge in [-0.05, 0) is 34.7 Å². The van der Waals surface area contributed by atoms with Crippen molar-refractivity contribution < 1.29 is 14.0 Å². The van der Waals surface area contributed by atoms with E-state index < -0.39 is 5.82 Å². The van der Waals surface area contributed by atoms with Crippen LogP contribution in [0.5, 0.6) is 0 Å². The van der Waals surface area contributed by atoms with Crippen molar-refractivity contribution in [1.29, 1.82) is 0 Å². The average Bonchev–Trinajstić information content (AvgIpc) is 3.08. The molecule has 0 aliphatic carbocycles. The van der Waals surface area contributed by atoms with Gasteiger partial charge in [-0.3, -0.25) is 4.79 Å². The van der Waals surface area contributed by atoms with Crippen LogP contribution in [0.15, 0.2) is 54.6 Å². The van der Waals surface area contributed by atoms with Gasteiger partial charge in [0.15, 0.2) is 6.61 Å². The third kappa shape index (κ3) is 3.22. The molecular weight excluding hydrogens is 313 g/mol. The number of hydrogen-bond acceptors (Lipinski definition) is 5. The zero-order chi connectivity index (χ0) is 16.9. The van der Waals surface area contributed by atoms with Crippen molar-refractivity contribution in [3.63, 3.8) is 0 Å². The summed E-state index contributed by atoms with van der Waals surface area (Å²) in [5, 5.41) is 10.8. The van der Waals surface area contributed by atoms with Crippen LogP contribution in [0.1, 0.15) is 0 Å². The van der Waals surface area contributed by atoms with Crippen LogP contribution in [-0.2, 0) is 4.79 Å². The number of halogens is 1. The van der Waals surface area contributed by atoms with Crippen molar-refractivity contribution in [2.75, 3.05) is 18.6 Å². The average molecular weight is 327 g/mol. The fraction of sp³-hybridized carbons (Fsp3) is 0.125. The lowest BCUT2D eigenvalue weighted by atomic mass is 10.2. The molecule has 24 heavy (non-hydrogen) atoms. The molecule has 0 atom stereocenters. The molecule has 1 amide bonds. The summed E-state index contributed by atoms with van der Waals surface area (Å²) in [7, 11) is 1.64. The molecule has 0 saturated carbocycles. The second-order valence-electron chi connectivity index (χ2n) is 4.92. The normalized spacial score (nSPS) is 10.4. The van der Waals surface area contributed by atoms with Gasteiger partial charge in [0.1, 0.15) is 5.82 Å². The maximum atomic E-state index is 13.8. The Balaban J connectivity index is 1.71. The van der Waals surface area contributed by atoms with Crippen LogP contribution in [0, 0.1) is 5.82 Å². The topological polar surface area (TPSA) is 73.1 Å². The second kappa shape index (κ2) is 6.86. The quantitative estimate of drug-likeness (QED) is 0.711. The van der Waals surface area contributed by atoms with Crippen molar-refractivity contribution in [3.05, 3.63) is 60.4 Å². The van der Waals surface area contributed by atoms with E-state index >= 15 is 0 Å². The molecule has 0 saturated heterocycles. The van der Waals surface area contributed by atoms with E-state index in [9.17, 15) is 9.18 Å². The zero-order valence-electron chi connectivity index (χ0n) is 12.8. The molecule has 1 heterocycles. The monoisotopic (exact) mass is 327 g/mol. The Bertz CT molecular complexity index is 837. The summed E-state index contributed by atoms with van der Waals surface area (Å²) in [5.41, 5.74) is 0.920. The number of nitrogens with zero attached hydrogens (tertiary/aromatic N) is 5. The Hall–Kier alpha value is -3.29. The number of amides is 1. The molecule has 3 aromatic rings. The molecule has 2 aromatic carbocycles. The van der Waals surface area contributed by atoms with Crippen molar-refractivity contribution in [2.24, 2.45) is 0 Å². The lowest BCUT2D eigenvalue weighted by Crippen LogP contribution is -2.34. The highest BCUT2D eigenvalue weighted by Crippen LogP contribution is 2.18. The van der Waals surface area contributed by atoms with Gasteiger partial charge in [0.2, 0.25) is 5.82 Å². The maximum Gasteiger partial charge on any atom is 0.267 e. The van der Waals surface area contributed by atoms with Gasteiger partial charge in [-0.25, -0.2) is 4.39 Å². The molecule has 0 spiro atoms. The Morgan fingerprint density at radius 3 is 2.62 bits per heavy atom. The molecule has 0 radical (unpaired) electrons. The Morgan fingerprint density at radius 2 is 1.88 bits per heavy atom. The van der Waals surface area contributed by atoms with Crippen LogP contribution < -0.4 is 9.74 Å². The predicted octanol–water partition coefficient (Wildman–Crippen LogP) is 1.57. The largest absolute Gasteiger partial charge is 0.384 e. The van der Waals surface area contributed by atoms with Crippen LogP contribution in [0.2, 0.25) is 0 Å². The standard InChI is InChI=1S/C16H14FN5O2/c1-21(12-7-3-2-4-8-12)15(23)11-24-22-16(18-19-20-22)13-9-5-6-10-14(13)17/h2-10H,11H2,1H3. The van der Waals surface area contributed by atoms with Crippen LogP contribution in [0.3, 0.4) is 0 Å². The van der Waals surface area contributed by atoms with Crippen molar-refractivity contribution in [1.82, 2.24) is 20.4 Å². The van der Waals surface area contributed by atoms with Crippen molar-refractivity contribution in [2.45, 2.75) is 0 Å². The molecule has 0 aliphatic heterocycles. The van der Waals surface area contributed by atoms with Crippen molar-refractivity contribution in [3.8, 4) is 11.4 Å². The summed E-state index contributed by atoms with van der Waals surface area (Å²) in [6, 6.07) is 15.2. The third-order valence-corrected chi connectivity index (χ3v) is 3.38. The van der Waals surface area contributed by atoms with E-state index in [-0.39, 0.29) is 23.9 Å². The lowest BCUT2D eigenvalue weighted by molar-refractivity contribution is -0.123. The van der Waals surface area contributed by atoms with Gasteiger partial charge >= 0.3 is 0 Å². The van der Waals surface area contributed by atoms with E-state index in [4.69, 9.17) is 4.84 Å². The highest BCUT2D eigenvalue weighted by atomic mass is 19.1. The molecule has 0 unspecified atom stereocenters. The van der Waals surface area contributed by atoms with Gasteiger partial charge < -0.3 is 9.74 Å². The Morgan fingerprint density at radius 1 is 1.17 bits per heavy atom. The number of carbonyl (C=O) groups is 1. The van der Waals surface area contributed by atoms with E-state index in [0.717, 1.165) is 10.5 Å². The van der Waals surface area contributed by atoms with Gasteiger partial charge in [0, 0.05) is 12.7 Å². The maximum absolute atomic E-state index is 13.8. The number of likely N-dealkylation sites (N-methyl/N-ethyl adjacent to an activating group) is 1. The number of anilines is 1. The summed E-state index contributed by atoms with van der Waals surface area (Å²) in [4.78, 5) is 19.9. The molecule has 0 N–H and O–H groups in total. The summed E-state index contributed by atoms with van der Waals surface area (Å²) >= 11 is 0. The Kier molecular flexibility index (Phi) is 4.46. The second-order valence-corrected chi connectivity index (χ2v) is 4.92. The SMILES string of the molecule is CN(C(=O)COn1nnnc1-c1ccccc1F)c1ccccc1. The lowest BCUT2D eigenvalue weighted by Gasteiger charge is -2.17. The minimum atomic E-state index is -0.482. The number of carbonyl (C=O) groups excluding carboxylic acids is 1. The van der Waals surface area contributed by atoms with Crippen LogP contribution in [-0.4, -0.2) is 39.9 Å². The van der Waals surface area contributed by atoms with E-state index in [1.54, 1.807) is 31.3 Å². The number of aromatic nitrogens is 4. The number of rotatable bonds is 5. The minimum absolute atomic E-state index is 0.0864. The fourth-order valence-corrected chi connectivity index (χ4v) is 2.07. The van der Waals surface area contributed by atoms with Gasteiger partial charge in [-0.15, -0.1) is 5.10 Å². The first-order chi connectivity index (χ1) is 11.7. The minimum Gasteiger partial charge on any atom is -0.384 e. The van der Waals surface area contributed by atoms with Gasteiger partial charge in [0.25, 0.3) is 5.91 Å². The number of para-hydroxylation sites is 1. The first-order valence-electron chi connectivity index (χ1n) is 7.15. The molecular formula is C16H14FN5O2. The third-order valence-electron chi connectivity index (χ3n) is 3.38. The molecule has 0 aliphatic rings. The summed E-state index contributed by atoms with van der Waals surface area (Å²) < 4.78 is 13.8. The molecule has 1 aromatic heterocycles. The molecule has 0 fully saturated rings. The van der Waals surface area contributed by atoms with E-state index in [1.165, 1.54) is 17.0 Å². The summed E-state index contributed by atoms with van der Waals surface area (Å²) in [6.07, 6.45) is 0. The summed E-state index contributed by atoms with van der Waals surface area (Å²) in [6.45, 7) is -0.294. The molecule has 0 bridgehead atoms. The highest BCUT2D eigenvalue weighted by molar-refractivity contribution is 5.93. The number of tetrazole rings is 1. The fourth-order valence-electron chi connectivity index (χ4n) is 2.07.